The van der Waals surface area contributed by atoms with Crippen LogP contribution in [0.1, 0.15) is 13.3 Å². The van der Waals surface area contributed by atoms with Crippen LogP contribution in [0.15, 0.2) is 24.3 Å². The van der Waals surface area contributed by atoms with Crippen molar-refractivity contribution in [3.8, 4) is 5.75 Å². The largest absolute Gasteiger partial charge is 0.495 e. The van der Waals surface area contributed by atoms with Crippen LogP contribution in [-0.4, -0.2) is 40.0 Å². The zero-order valence-corrected chi connectivity index (χ0v) is 11.6. The number of ether oxygens (including phenoxy) is 2. The molecule has 1 aromatic rings. The monoisotopic (exact) mass is 252 g/mol. The first-order chi connectivity index (χ1) is 8.74. The van der Waals surface area contributed by atoms with Gasteiger partial charge in [-0.05, 0) is 32.0 Å². The number of nitrogens with two attached hydrogens (primary N) is 1. The molecule has 0 heterocycles. The fourth-order valence-electron chi connectivity index (χ4n) is 2.04. The Hall–Kier alpha value is -1.26. The zero-order chi connectivity index (χ0) is 13.4. The molecule has 0 aliphatic heterocycles. The number of para-hydroxylation sites is 2. The molecule has 0 saturated heterocycles. The van der Waals surface area contributed by atoms with E-state index in [1.807, 2.05) is 18.2 Å². The smallest absolute Gasteiger partial charge is 0.142 e. The normalized spacial score (nSPS) is 12.2. The van der Waals surface area contributed by atoms with Crippen molar-refractivity contribution in [2.75, 3.05) is 38.8 Å². The van der Waals surface area contributed by atoms with Gasteiger partial charge in [-0.25, -0.2) is 0 Å². The van der Waals surface area contributed by atoms with Gasteiger partial charge in [0, 0.05) is 19.7 Å². The molecule has 0 amide bonds. The Balaban J connectivity index is 2.92. The van der Waals surface area contributed by atoms with E-state index in [0.29, 0.717) is 13.2 Å². The summed E-state index contributed by atoms with van der Waals surface area (Å²) in [7, 11) is 3.42. The van der Waals surface area contributed by atoms with Crippen molar-refractivity contribution in [2.24, 2.45) is 5.73 Å². The summed E-state index contributed by atoms with van der Waals surface area (Å²) in [6, 6.07) is 8.33. The first-order valence-corrected chi connectivity index (χ1v) is 6.33. The third-order valence-electron chi connectivity index (χ3n) is 2.94. The molecule has 4 nitrogen and oxygen atoms in total. The topological polar surface area (TPSA) is 47.7 Å². The maximum Gasteiger partial charge on any atom is 0.142 e. The van der Waals surface area contributed by atoms with Gasteiger partial charge in [-0.15, -0.1) is 0 Å². The van der Waals surface area contributed by atoms with Gasteiger partial charge in [0.25, 0.3) is 0 Å². The predicted octanol–water partition coefficient (Wildman–Crippen LogP) is 1.89. The second-order valence-corrected chi connectivity index (χ2v) is 4.31. The molecule has 1 atom stereocenters. The van der Waals surface area contributed by atoms with Gasteiger partial charge in [0.05, 0.1) is 19.4 Å². The Morgan fingerprint density at radius 3 is 2.61 bits per heavy atom. The lowest BCUT2D eigenvalue weighted by Gasteiger charge is -2.32. The highest BCUT2D eigenvalue weighted by atomic mass is 16.5. The number of benzene rings is 1. The maximum absolute atomic E-state index is 5.61. The van der Waals surface area contributed by atoms with Crippen LogP contribution in [0, 0.1) is 0 Å². The van der Waals surface area contributed by atoms with E-state index in [0.717, 1.165) is 24.4 Å². The number of methoxy groups -OCH3 is 2. The standard InChI is InChI=1S/C14H24N2O2/c1-12(11-17-2)16(10-6-9-15)13-7-4-5-8-14(13)18-3/h4-5,7-8,12H,6,9-11,15H2,1-3H3. The van der Waals surface area contributed by atoms with E-state index in [4.69, 9.17) is 15.2 Å². The molecule has 0 bridgehead atoms. The van der Waals surface area contributed by atoms with E-state index in [2.05, 4.69) is 17.9 Å². The molecule has 1 rings (SSSR count). The van der Waals surface area contributed by atoms with Crippen molar-refractivity contribution >= 4 is 5.69 Å². The summed E-state index contributed by atoms with van der Waals surface area (Å²) < 4.78 is 10.7. The summed E-state index contributed by atoms with van der Waals surface area (Å²) in [5, 5.41) is 0. The maximum atomic E-state index is 5.61. The summed E-state index contributed by atoms with van der Waals surface area (Å²) in [5.41, 5.74) is 6.71. The van der Waals surface area contributed by atoms with Crippen molar-refractivity contribution in [3.05, 3.63) is 24.3 Å². The Labute approximate surface area is 110 Å². The summed E-state index contributed by atoms with van der Waals surface area (Å²) >= 11 is 0. The molecule has 0 aliphatic rings. The molecule has 0 saturated carbocycles. The van der Waals surface area contributed by atoms with Crippen LogP contribution >= 0.6 is 0 Å². The van der Waals surface area contributed by atoms with Crippen LogP contribution in [0.3, 0.4) is 0 Å². The number of hydrogen-bond donors (Lipinski definition) is 1. The predicted molar refractivity (Wildman–Crippen MR) is 75.3 cm³/mol. The molecule has 0 fully saturated rings. The highest BCUT2D eigenvalue weighted by Crippen LogP contribution is 2.29. The van der Waals surface area contributed by atoms with Gasteiger partial charge in [0.1, 0.15) is 5.75 Å². The minimum Gasteiger partial charge on any atom is -0.495 e. The lowest BCUT2D eigenvalue weighted by atomic mass is 10.2. The molecular formula is C14H24N2O2. The Bertz CT molecular complexity index is 344. The quantitative estimate of drug-likeness (QED) is 0.767. The van der Waals surface area contributed by atoms with Crippen molar-refractivity contribution in [1.82, 2.24) is 0 Å². The Morgan fingerprint density at radius 2 is 2.00 bits per heavy atom. The minimum absolute atomic E-state index is 0.290. The average molecular weight is 252 g/mol. The number of anilines is 1. The summed E-state index contributed by atoms with van der Waals surface area (Å²) in [4.78, 5) is 2.29. The van der Waals surface area contributed by atoms with E-state index in [1.54, 1.807) is 14.2 Å². The first-order valence-electron chi connectivity index (χ1n) is 6.33. The van der Waals surface area contributed by atoms with E-state index in [-0.39, 0.29) is 6.04 Å². The summed E-state index contributed by atoms with van der Waals surface area (Å²) in [5.74, 6) is 0.887. The van der Waals surface area contributed by atoms with Gasteiger partial charge in [0.15, 0.2) is 0 Å². The van der Waals surface area contributed by atoms with Crippen LogP contribution in [0.4, 0.5) is 5.69 Å². The fraction of sp³-hybridized carbons (Fsp3) is 0.571. The molecule has 4 heteroatoms. The van der Waals surface area contributed by atoms with Crippen molar-refractivity contribution in [1.29, 1.82) is 0 Å². The van der Waals surface area contributed by atoms with E-state index in [9.17, 15) is 0 Å². The van der Waals surface area contributed by atoms with Crippen LogP contribution in [0.5, 0.6) is 5.75 Å². The van der Waals surface area contributed by atoms with Crippen LogP contribution < -0.4 is 15.4 Å². The third kappa shape index (κ3) is 3.89. The van der Waals surface area contributed by atoms with Gasteiger partial charge in [-0.3, -0.25) is 0 Å². The molecule has 0 spiro atoms. The van der Waals surface area contributed by atoms with E-state index in [1.165, 1.54) is 0 Å². The lowest BCUT2D eigenvalue weighted by Crippen LogP contribution is -2.38. The highest BCUT2D eigenvalue weighted by Gasteiger charge is 2.17. The Kier molecular flexibility index (Phi) is 6.54. The van der Waals surface area contributed by atoms with Crippen molar-refractivity contribution in [3.63, 3.8) is 0 Å². The second kappa shape index (κ2) is 7.95. The highest BCUT2D eigenvalue weighted by molar-refractivity contribution is 5.59. The molecule has 102 valence electrons. The summed E-state index contributed by atoms with van der Waals surface area (Å²) in [6.07, 6.45) is 0.950. The molecule has 1 aromatic carbocycles. The Morgan fingerprint density at radius 1 is 1.28 bits per heavy atom. The molecule has 0 aromatic heterocycles. The van der Waals surface area contributed by atoms with Crippen LogP contribution in [-0.2, 0) is 4.74 Å². The number of rotatable bonds is 8. The van der Waals surface area contributed by atoms with Gasteiger partial charge in [0.2, 0.25) is 0 Å². The fourth-order valence-corrected chi connectivity index (χ4v) is 2.04. The first kappa shape index (κ1) is 14.8. The van der Waals surface area contributed by atoms with Gasteiger partial charge in [-0.2, -0.15) is 0 Å². The molecule has 0 aliphatic carbocycles. The molecule has 1 unspecified atom stereocenters. The summed E-state index contributed by atoms with van der Waals surface area (Å²) in [6.45, 7) is 4.42. The number of hydrogen-bond acceptors (Lipinski definition) is 4. The number of nitrogens with zero attached hydrogens (tertiary/aromatic N) is 1. The average Bonchev–Trinajstić information content (AvgIpc) is 2.40. The third-order valence-corrected chi connectivity index (χ3v) is 2.94. The SMILES string of the molecule is COCC(C)N(CCCN)c1ccccc1OC. The van der Waals surface area contributed by atoms with Crippen molar-refractivity contribution < 1.29 is 9.47 Å². The van der Waals surface area contributed by atoms with Crippen LogP contribution in [0.25, 0.3) is 0 Å². The second-order valence-electron chi connectivity index (χ2n) is 4.31. The molecule has 18 heavy (non-hydrogen) atoms. The molecule has 2 N–H and O–H groups in total. The van der Waals surface area contributed by atoms with E-state index >= 15 is 0 Å². The lowest BCUT2D eigenvalue weighted by molar-refractivity contribution is 0.181. The van der Waals surface area contributed by atoms with Gasteiger partial charge < -0.3 is 20.1 Å². The van der Waals surface area contributed by atoms with Crippen LogP contribution in [0.2, 0.25) is 0 Å². The van der Waals surface area contributed by atoms with Gasteiger partial charge >= 0.3 is 0 Å². The minimum atomic E-state index is 0.290. The zero-order valence-electron chi connectivity index (χ0n) is 11.6. The van der Waals surface area contributed by atoms with Gasteiger partial charge in [-0.1, -0.05) is 12.1 Å². The molecule has 0 radical (unpaired) electrons. The van der Waals surface area contributed by atoms with E-state index < -0.39 is 0 Å². The molecular weight excluding hydrogens is 228 g/mol. The van der Waals surface area contributed by atoms with Crippen molar-refractivity contribution in [2.45, 2.75) is 19.4 Å².